The first-order valence-electron chi connectivity index (χ1n) is 16.8. The molecule has 4 aromatic heterocycles. The third kappa shape index (κ3) is 8.49. The number of furan rings is 1. The Morgan fingerprint density at radius 1 is 0.915 bits per heavy atom. The molecule has 47 heavy (non-hydrogen) atoms. The Morgan fingerprint density at radius 3 is 2.45 bits per heavy atom. The van der Waals surface area contributed by atoms with Gasteiger partial charge in [-0.15, -0.1) is 17.7 Å². The Labute approximate surface area is 296 Å². The SMILES string of the molecule is CC(C)Cc1ccnc(-c2[c-]ccc3oc4ncccc4c23)c1.Cc1c[c-]c(-c2cc(CC3CCCC3)[c]([Ge]([CH3])([CH3])[CH3])cn2)cc1.[Ir]. The number of hydrogen-bond acceptors (Lipinski definition) is 4. The maximum atomic E-state index is 5.85. The van der Waals surface area contributed by atoms with E-state index in [4.69, 9.17) is 9.40 Å². The van der Waals surface area contributed by atoms with E-state index in [-0.39, 0.29) is 20.1 Å². The quantitative estimate of drug-likeness (QED) is 0.119. The number of aromatic nitrogens is 3. The van der Waals surface area contributed by atoms with Crippen LogP contribution in [0, 0.1) is 30.9 Å². The zero-order chi connectivity index (χ0) is 32.3. The van der Waals surface area contributed by atoms with Gasteiger partial charge >= 0.3 is 144 Å². The van der Waals surface area contributed by atoms with Gasteiger partial charge in [-0.25, -0.2) is 4.98 Å². The Morgan fingerprint density at radius 2 is 1.72 bits per heavy atom. The molecule has 0 N–H and O–H groups in total. The van der Waals surface area contributed by atoms with E-state index in [0.29, 0.717) is 11.6 Å². The molecular weight excluding hydrogens is 815 g/mol. The van der Waals surface area contributed by atoms with Crippen molar-refractivity contribution in [3.63, 3.8) is 0 Å². The first-order chi connectivity index (χ1) is 22.2. The summed E-state index contributed by atoms with van der Waals surface area (Å²) in [6.45, 7) is 6.56. The normalized spacial score (nSPS) is 13.5. The topological polar surface area (TPSA) is 51.8 Å². The Kier molecular flexibility index (Phi) is 11.5. The summed E-state index contributed by atoms with van der Waals surface area (Å²) in [6.07, 6.45) is 13.7. The monoisotopic (exact) mass is 862 g/mol. The maximum absolute atomic E-state index is 5.85. The van der Waals surface area contributed by atoms with Gasteiger partial charge in [-0.05, 0) is 30.2 Å². The standard InChI is InChI=1S/C21H28GeN.C20H17N2O.Ir/c1-16-9-11-18(12-10-16)21-14-19(13-17-7-5-6-8-17)20(15-23-21)22(2,3)4;1-13(2)11-14-8-10-21-17(12-14)15-5-3-7-18-19(15)16-6-4-9-22-20(16)23-18;/h9-11,14-15,17H,5-8,13H2,1-4H3;3-4,6-10,12-13H,11H2,1-2H3;/q2*-1;. The molecule has 0 unspecified atom stereocenters. The van der Waals surface area contributed by atoms with Crippen molar-refractivity contribution < 1.29 is 24.5 Å². The van der Waals surface area contributed by atoms with Crippen LogP contribution >= 0.6 is 0 Å². The molecule has 4 nitrogen and oxygen atoms in total. The first-order valence-corrected chi connectivity index (χ1v) is 24.1. The fourth-order valence-corrected chi connectivity index (χ4v) is 10.0. The van der Waals surface area contributed by atoms with Gasteiger partial charge in [0.15, 0.2) is 0 Å². The van der Waals surface area contributed by atoms with Crippen molar-refractivity contribution in [3.05, 3.63) is 108 Å². The molecule has 7 rings (SSSR count). The Hall–Kier alpha value is -3.12. The van der Waals surface area contributed by atoms with Crippen LogP contribution in [0.3, 0.4) is 0 Å². The number of hydrogen-bond donors (Lipinski definition) is 0. The van der Waals surface area contributed by atoms with Crippen LogP contribution in [0.5, 0.6) is 0 Å². The van der Waals surface area contributed by atoms with Gasteiger partial charge in [-0.1, -0.05) is 43.0 Å². The van der Waals surface area contributed by atoms with Crippen LogP contribution in [0.15, 0.2) is 83.7 Å². The minimum absolute atomic E-state index is 0. The molecule has 1 radical (unpaired) electrons. The summed E-state index contributed by atoms with van der Waals surface area (Å²) in [6, 6.07) is 27.5. The predicted molar refractivity (Wildman–Crippen MR) is 194 cm³/mol. The van der Waals surface area contributed by atoms with E-state index in [9.17, 15) is 0 Å². The molecule has 0 atom stereocenters. The number of pyridine rings is 3. The van der Waals surface area contributed by atoms with Crippen LogP contribution < -0.4 is 4.40 Å². The van der Waals surface area contributed by atoms with E-state index >= 15 is 0 Å². The van der Waals surface area contributed by atoms with E-state index < -0.39 is 13.3 Å². The van der Waals surface area contributed by atoms with Crippen LogP contribution in [-0.2, 0) is 32.9 Å². The van der Waals surface area contributed by atoms with E-state index in [0.717, 1.165) is 51.2 Å². The van der Waals surface area contributed by atoms with Crippen molar-refractivity contribution in [1.29, 1.82) is 0 Å². The Bertz CT molecular complexity index is 1940. The van der Waals surface area contributed by atoms with Crippen molar-refractivity contribution in [1.82, 2.24) is 15.0 Å². The first kappa shape index (κ1) is 35.2. The number of rotatable bonds is 7. The second kappa shape index (κ2) is 15.4. The smallest absolute Gasteiger partial charge is 0 e. The van der Waals surface area contributed by atoms with Gasteiger partial charge < -0.3 is 9.40 Å². The van der Waals surface area contributed by atoms with E-state index in [2.05, 4.69) is 103 Å². The van der Waals surface area contributed by atoms with Gasteiger partial charge in [-0.2, -0.15) is 0 Å². The number of nitrogens with zero attached hydrogens (tertiary/aromatic N) is 3. The average Bonchev–Trinajstić information content (AvgIpc) is 3.69. The summed E-state index contributed by atoms with van der Waals surface area (Å²) < 4.78 is 7.44. The molecule has 1 aliphatic carbocycles. The fraction of sp³-hybridized carbons (Fsp3) is 0.341. The molecule has 0 saturated heterocycles. The molecule has 1 aliphatic rings. The fourth-order valence-electron chi connectivity index (χ4n) is 6.69. The van der Waals surface area contributed by atoms with Crippen molar-refractivity contribution >= 4 is 39.7 Å². The van der Waals surface area contributed by atoms with Crippen LogP contribution in [0.1, 0.15) is 56.2 Å². The molecule has 2 aromatic carbocycles. The van der Waals surface area contributed by atoms with Gasteiger partial charge in [0.1, 0.15) is 0 Å². The van der Waals surface area contributed by atoms with Gasteiger partial charge in [0.05, 0.1) is 5.58 Å². The minimum atomic E-state index is -1.88. The van der Waals surface area contributed by atoms with Gasteiger partial charge in [0.25, 0.3) is 0 Å². The van der Waals surface area contributed by atoms with Crippen LogP contribution in [0.25, 0.3) is 44.6 Å². The van der Waals surface area contributed by atoms with Crippen molar-refractivity contribution in [2.45, 2.75) is 76.6 Å². The van der Waals surface area contributed by atoms with Crippen molar-refractivity contribution in [3.8, 4) is 22.5 Å². The molecule has 0 amide bonds. The average molecular weight is 861 g/mol. The maximum Gasteiger partial charge on any atom is 0 e. The second-order valence-corrected chi connectivity index (χ2v) is 24.9. The third-order valence-corrected chi connectivity index (χ3v) is 13.3. The summed E-state index contributed by atoms with van der Waals surface area (Å²) in [5.41, 5.74) is 9.71. The summed E-state index contributed by atoms with van der Waals surface area (Å²) in [5.74, 6) is 8.94. The summed E-state index contributed by atoms with van der Waals surface area (Å²) in [5, 5.41) is 2.04. The number of aryl methyl sites for hydroxylation is 1. The molecule has 245 valence electrons. The van der Waals surface area contributed by atoms with Gasteiger partial charge in [0.2, 0.25) is 5.71 Å². The van der Waals surface area contributed by atoms with Crippen LogP contribution in [-0.4, -0.2) is 28.2 Å². The zero-order valence-electron chi connectivity index (χ0n) is 28.5. The molecule has 6 aromatic rings. The van der Waals surface area contributed by atoms with Gasteiger partial charge in [0, 0.05) is 37.9 Å². The molecule has 1 saturated carbocycles. The van der Waals surface area contributed by atoms with Gasteiger partial charge in [-0.3, -0.25) is 0 Å². The van der Waals surface area contributed by atoms with E-state index in [1.54, 1.807) is 16.2 Å². The Balaban J connectivity index is 0.000000181. The number of benzene rings is 2. The molecule has 1 fully saturated rings. The second-order valence-electron chi connectivity index (χ2n) is 14.3. The summed E-state index contributed by atoms with van der Waals surface area (Å²) >= 11 is -1.88. The zero-order valence-corrected chi connectivity index (χ0v) is 33.0. The predicted octanol–water partition coefficient (Wildman–Crippen LogP) is 10.2. The third-order valence-electron chi connectivity index (χ3n) is 8.96. The largest absolute Gasteiger partial charge is 0 e. The molecule has 0 aliphatic heterocycles. The van der Waals surface area contributed by atoms with Crippen molar-refractivity contribution in [2.24, 2.45) is 11.8 Å². The molecule has 4 heterocycles. The van der Waals surface area contributed by atoms with Crippen LogP contribution in [0.4, 0.5) is 0 Å². The van der Waals surface area contributed by atoms with Crippen LogP contribution in [0.2, 0.25) is 17.3 Å². The molecule has 0 spiro atoms. The van der Waals surface area contributed by atoms with E-state index in [1.807, 2.05) is 30.5 Å². The van der Waals surface area contributed by atoms with E-state index in [1.165, 1.54) is 43.2 Å². The molecular formula is C41H45GeIrN3O-2. The molecule has 0 bridgehead atoms. The van der Waals surface area contributed by atoms with Crippen molar-refractivity contribution in [2.75, 3.05) is 0 Å². The number of fused-ring (bicyclic) bond motifs is 3. The molecule has 6 heteroatoms. The summed E-state index contributed by atoms with van der Waals surface area (Å²) in [7, 11) is 0. The summed E-state index contributed by atoms with van der Waals surface area (Å²) in [4.78, 5) is 13.7. The minimum Gasteiger partial charge on any atom is 0 e.